The number of hydrogen-bond donors (Lipinski definition) is 2. The molecule has 0 radical (unpaired) electrons. The fourth-order valence-electron chi connectivity index (χ4n) is 5.07. The van der Waals surface area contributed by atoms with Crippen LogP contribution in [0.25, 0.3) is 10.9 Å². The van der Waals surface area contributed by atoms with E-state index in [4.69, 9.17) is 4.74 Å². The van der Waals surface area contributed by atoms with Crippen LogP contribution in [0.3, 0.4) is 0 Å². The van der Waals surface area contributed by atoms with Crippen molar-refractivity contribution in [2.24, 2.45) is 5.92 Å². The Morgan fingerprint density at radius 1 is 1.27 bits per heavy atom. The Morgan fingerprint density at radius 2 is 2.03 bits per heavy atom. The summed E-state index contributed by atoms with van der Waals surface area (Å²) in [6.45, 7) is 2.09. The van der Waals surface area contributed by atoms with Crippen molar-refractivity contribution in [3.8, 4) is 5.75 Å². The van der Waals surface area contributed by atoms with Gasteiger partial charge in [-0.05, 0) is 31.1 Å². The first-order valence-corrected chi connectivity index (χ1v) is 10.8. The molecule has 0 spiro atoms. The minimum atomic E-state index is -1.35. The number of hydrogen-bond acceptors (Lipinski definition) is 6. The topological polar surface area (TPSA) is 87.0 Å². The van der Waals surface area contributed by atoms with Crippen molar-refractivity contribution in [1.82, 2.24) is 9.99 Å². The molecule has 1 aromatic heterocycles. The van der Waals surface area contributed by atoms with Gasteiger partial charge in [0.25, 0.3) is 0 Å². The summed E-state index contributed by atoms with van der Waals surface area (Å²) in [5.74, 6) is -1.22. The Kier molecular flexibility index (Phi) is 5.20. The summed E-state index contributed by atoms with van der Waals surface area (Å²) < 4.78 is 23.1. The average molecular weight is 452 g/mol. The zero-order chi connectivity index (χ0) is 23.3. The Balaban J connectivity index is 1.67. The Bertz CT molecular complexity index is 1290. The first-order valence-electron chi connectivity index (χ1n) is 10.8. The number of anilines is 1. The first-order chi connectivity index (χ1) is 15.9. The molecule has 2 aliphatic rings. The number of aromatic nitrogens is 1. The van der Waals surface area contributed by atoms with Crippen LogP contribution in [-0.4, -0.2) is 56.2 Å². The van der Waals surface area contributed by atoms with E-state index in [2.05, 4.69) is 17.4 Å². The number of carboxylic acids is 1. The molecule has 2 aliphatic heterocycles. The third-order valence-electron chi connectivity index (χ3n) is 6.60. The molecule has 1 saturated heterocycles. The Morgan fingerprint density at radius 3 is 2.73 bits per heavy atom. The number of benzene rings is 2. The molecule has 2 aromatic carbocycles. The van der Waals surface area contributed by atoms with Crippen LogP contribution in [0.1, 0.15) is 21.8 Å². The molecule has 3 aromatic rings. The summed E-state index contributed by atoms with van der Waals surface area (Å²) in [5.41, 5.74) is 0.748. The zero-order valence-corrected chi connectivity index (χ0v) is 18.4. The zero-order valence-electron chi connectivity index (χ0n) is 18.4. The second-order valence-electron chi connectivity index (χ2n) is 8.62. The van der Waals surface area contributed by atoms with Crippen molar-refractivity contribution in [3.05, 3.63) is 69.8 Å². The maximum atomic E-state index is 15.6. The largest absolute Gasteiger partial charge is 0.477 e. The lowest BCUT2D eigenvalue weighted by Crippen LogP contribution is -2.40. The van der Waals surface area contributed by atoms with E-state index < -0.39 is 22.8 Å². The molecule has 0 aliphatic carbocycles. The average Bonchev–Trinajstić information content (AvgIpc) is 3.21. The molecule has 0 bridgehead atoms. The molecule has 0 unspecified atom stereocenters. The summed E-state index contributed by atoms with van der Waals surface area (Å²) in [6.07, 6.45) is 1.28. The second kappa shape index (κ2) is 8.08. The molecule has 172 valence electrons. The molecule has 5 rings (SSSR count). The van der Waals surface area contributed by atoms with E-state index in [1.54, 1.807) is 16.7 Å². The Hall–Kier alpha value is -3.59. The van der Waals surface area contributed by atoms with E-state index in [0.29, 0.717) is 24.3 Å². The number of rotatable bonds is 5. The molecular weight excluding hydrogens is 427 g/mol. The van der Waals surface area contributed by atoms with Crippen molar-refractivity contribution in [2.45, 2.75) is 5.92 Å². The van der Waals surface area contributed by atoms with Crippen LogP contribution in [0.2, 0.25) is 0 Å². The molecule has 8 nitrogen and oxygen atoms in total. The van der Waals surface area contributed by atoms with Gasteiger partial charge in [-0.15, -0.1) is 0 Å². The lowest BCUT2D eigenvalue weighted by atomic mass is 9.89. The van der Waals surface area contributed by atoms with Crippen LogP contribution in [0.15, 0.2) is 47.4 Å². The highest BCUT2D eigenvalue weighted by atomic mass is 19.1. The molecule has 33 heavy (non-hydrogen) atoms. The third kappa shape index (κ3) is 3.39. The lowest BCUT2D eigenvalue weighted by Gasteiger charge is -2.33. The molecular formula is C24H25FN4O4. The number of carboxylic acid groups (broad SMARTS) is 1. The number of aromatic carboxylic acids is 1. The minimum absolute atomic E-state index is 0.0109. The SMILES string of the molecule is CNC[C@H]1CN(c2c(F)cc3c(=O)c(C(=O)O)cn4c3c2OCN4C)C[C@@H]1c1ccccc1. The highest BCUT2D eigenvalue weighted by Crippen LogP contribution is 2.44. The third-order valence-corrected chi connectivity index (χ3v) is 6.60. The normalized spacial score (nSPS) is 19.7. The van der Waals surface area contributed by atoms with Gasteiger partial charge in [0.1, 0.15) is 16.8 Å². The minimum Gasteiger partial charge on any atom is -0.477 e. The van der Waals surface area contributed by atoms with Crippen molar-refractivity contribution < 1.29 is 19.0 Å². The van der Waals surface area contributed by atoms with E-state index in [0.717, 1.165) is 12.6 Å². The number of pyridine rings is 1. The highest BCUT2D eigenvalue weighted by molar-refractivity contribution is 5.97. The van der Waals surface area contributed by atoms with Crippen molar-refractivity contribution in [2.75, 3.05) is 50.4 Å². The van der Waals surface area contributed by atoms with Crippen molar-refractivity contribution >= 4 is 22.6 Å². The monoisotopic (exact) mass is 452 g/mol. The van der Waals surface area contributed by atoms with Gasteiger partial charge >= 0.3 is 5.97 Å². The van der Waals surface area contributed by atoms with E-state index in [1.807, 2.05) is 30.1 Å². The summed E-state index contributed by atoms with van der Waals surface area (Å²) >= 11 is 0. The smallest absolute Gasteiger partial charge is 0.341 e. The van der Waals surface area contributed by atoms with Crippen LogP contribution in [0, 0.1) is 11.7 Å². The van der Waals surface area contributed by atoms with Crippen molar-refractivity contribution in [1.29, 1.82) is 0 Å². The molecule has 0 saturated carbocycles. The van der Waals surface area contributed by atoms with Crippen molar-refractivity contribution in [3.63, 3.8) is 0 Å². The van der Waals surface area contributed by atoms with Gasteiger partial charge in [-0.2, -0.15) is 0 Å². The highest BCUT2D eigenvalue weighted by Gasteiger charge is 2.37. The van der Waals surface area contributed by atoms with Gasteiger partial charge in [-0.3, -0.25) is 14.5 Å². The van der Waals surface area contributed by atoms with Gasteiger partial charge in [0, 0.05) is 32.3 Å². The van der Waals surface area contributed by atoms with Gasteiger partial charge in [0.2, 0.25) is 5.43 Å². The maximum Gasteiger partial charge on any atom is 0.341 e. The van der Waals surface area contributed by atoms with Crippen LogP contribution in [-0.2, 0) is 0 Å². The lowest BCUT2D eigenvalue weighted by molar-refractivity contribution is 0.0694. The molecule has 0 amide bonds. The summed E-state index contributed by atoms with van der Waals surface area (Å²) in [5, 5.41) is 14.3. The van der Waals surface area contributed by atoms with Crippen LogP contribution < -0.4 is 25.4 Å². The summed E-state index contributed by atoms with van der Waals surface area (Å²) in [6, 6.07) is 11.3. The number of carbonyl (C=O) groups is 1. The predicted molar refractivity (Wildman–Crippen MR) is 124 cm³/mol. The Labute approximate surface area is 189 Å². The maximum absolute atomic E-state index is 15.6. The van der Waals surface area contributed by atoms with Crippen LogP contribution in [0.5, 0.6) is 5.75 Å². The predicted octanol–water partition coefficient (Wildman–Crippen LogP) is 2.20. The molecule has 2 atom stereocenters. The number of nitrogens with zero attached hydrogens (tertiary/aromatic N) is 3. The van der Waals surface area contributed by atoms with E-state index >= 15 is 4.39 Å². The van der Waals surface area contributed by atoms with Gasteiger partial charge in [0.15, 0.2) is 18.3 Å². The van der Waals surface area contributed by atoms with Gasteiger partial charge in [-0.25, -0.2) is 9.18 Å². The standard InChI is InChI=1S/C24H25FN4O4/c1-26-9-15-10-28(11-17(15)14-6-4-3-5-7-14)21-19(25)8-16-20-23(21)33-13-27(2)29(20)12-18(22(16)30)24(31)32/h3-8,12,15,17,26H,9-11,13H2,1-2H3,(H,31,32)/t15-,17+/m0/s1. The molecule has 2 N–H and O–H groups in total. The van der Waals surface area contributed by atoms with E-state index in [-0.39, 0.29) is 29.7 Å². The summed E-state index contributed by atoms with van der Waals surface area (Å²) in [7, 11) is 3.62. The number of ether oxygens (including phenoxy) is 1. The number of halogens is 1. The molecule has 9 heteroatoms. The van der Waals surface area contributed by atoms with Crippen LogP contribution >= 0.6 is 0 Å². The van der Waals surface area contributed by atoms with Gasteiger partial charge < -0.3 is 20.1 Å². The van der Waals surface area contributed by atoms with Crippen LogP contribution in [0.4, 0.5) is 10.1 Å². The first kappa shape index (κ1) is 21.3. The van der Waals surface area contributed by atoms with E-state index in [1.165, 1.54) is 11.8 Å². The fourth-order valence-corrected chi connectivity index (χ4v) is 5.07. The second-order valence-corrected chi connectivity index (χ2v) is 8.62. The van der Waals surface area contributed by atoms with Gasteiger partial charge in [-0.1, -0.05) is 30.3 Å². The summed E-state index contributed by atoms with van der Waals surface area (Å²) in [4.78, 5) is 26.4. The fraction of sp³-hybridized carbons (Fsp3) is 0.333. The quantitative estimate of drug-likeness (QED) is 0.614. The molecule has 1 fully saturated rings. The number of nitrogens with one attached hydrogen (secondary N) is 1. The molecule has 3 heterocycles. The van der Waals surface area contributed by atoms with E-state index in [9.17, 15) is 14.7 Å². The van der Waals surface area contributed by atoms with Gasteiger partial charge in [0.05, 0.1) is 5.39 Å².